The molecule has 7 rings (SSSR count). The van der Waals surface area contributed by atoms with Crippen LogP contribution in [-0.2, 0) is 36.6 Å². The molecule has 0 unspecified atom stereocenters. The van der Waals surface area contributed by atoms with E-state index in [9.17, 15) is 0 Å². The van der Waals surface area contributed by atoms with Crippen LogP contribution in [0.25, 0.3) is 11.1 Å². The van der Waals surface area contributed by atoms with Gasteiger partial charge in [-0.1, -0.05) is 133 Å². The topological polar surface area (TPSA) is 47.0 Å². The van der Waals surface area contributed by atoms with E-state index in [4.69, 9.17) is 19.5 Å². The zero-order chi connectivity index (χ0) is 41.0. The van der Waals surface area contributed by atoms with Gasteiger partial charge in [0.25, 0.3) is 0 Å². The Morgan fingerprint density at radius 1 is 0.810 bits per heavy atom. The molecule has 0 amide bonds. The molecule has 0 bridgehead atoms. The number of hydrogen-bond acceptors (Lipinski definition) is 5. The summed E-state index contributed by atoms with van der Waals surface area (Å²) in [6, 6.07) is 29.6. The zero-order valence-corrected chi connectivity index (χ0v) is 39.2. The fourth-order valence-electron chi connectivity index (χ4n) is 9.16. The van der Waals surface area contributed by atoms with Crippen LogP contribution >= 0.6 is 0 Å². The van der Waals surface area contributed by atoms with Crippen molar-refractivity contribution in [3.63, 3.8) is 0 Å². The van der Waals surface area contributed by atoms with Crippen LogP contribution < -0.4 is 9.64 Å². The quantitative estimate of drug-likeness (QED) is 0.131. The Bertz CT molecular complexity index is 2340. The second kappa shape index (κ2) is 16.4. The first-order chi connectivity index (χ1) is 26.9. The molecule has 3 heterocycles. The molecule has 0 radical (unpaired) electrons. The van der Waals surface area contributed by atoms with E-state index in [2.05, 4.69) is 168 Å². The summed E-state index contributed by atoms with van der Waals surface area (Å²) in [5.41, 5.74) is 14.1. The number of aromatic nitrogens is 1. The first-order valence-corrected chi connectivity index (χ1v) is 20.9. The SMILES string of the molecule is CCCC(CCC)[C@]1(C)COC(c2[c-]c(Oc3[c-]c4c(cc3C)C(C)(C)c3cc(C)ccc3N4c3cc(C(C)(C)C)ccn3)cc(-c3c(C)cc(C)cc3C)c2)=N1.[Pt+2]. The molecular weight excluding hydrogens is 894 g/mol. The van der Waals surface area contributed by atoms with Crippen LogP contribution in [0.5, 0.6) is 11.5 Å². The molecular formula is C52H61N3O2Pt. The summed E-state index contributed by atoms with van der Waals surface area (Å²) in [6.45, 7) is 29.5. The molecule has 2 aliphatic rings. The first-order valence-electron chi connectivity index (χ1n) is 20.9. The molecule has 0 saturated heterocycles. The van der Waals surface area contributed by atoms with Gasteiger partial charge in [0.15, 0.2) is 0 Å². The molecule has 58 heavy (non-hydrogen) atoms. The molecule has 6 heteroatoms. The molecule has 0 saturated carbocycles. The third kappa shape index (κ3) is 8.18. The monoisotopic (exact) mass is 954 g/mol. The fraction of sp³-hybridized carbons (Fsp3) is 0.423. The number of fused-ring (bicyclic) bond motifs is 2. The Morgan fingerprint density at radius 2 is 1.50 bits per heavy atom. The van der Waals surface area contributed by atoms with E-state index in [0.717, 1.165) is 59.6 Å². The molecule has 5 aromatic rings. The zero-order valence-electron chi connectivity index (χ0n) is 36.9. The second-order valence-corrected chi connectivity index (χ2v) is 18.5. The predicted molar refractivity (Wildman–Crippen MR) is 237 cm³/mol. The predicted octanol–water partition coefficient (Wildman–Crippen LogP) is 13.8. The molecule has 4 aromatic carbocycles. The first kappa shape index (κ1) is 43.4. The molecule has 0 spiro atoms. The van der Waals surface area contributed by atoms with Crippen molar-refractivity contribution >= 4 is 23.1 Å². The average molecular weight is 955 g/mol. The number of anilines is 3. The molecule has 306 valence electrons. The smallest absolute Gasteiger partial charge is 0.518 e. The van der Waals surface area contributed by atoms with Crippen LogP contribution in [-0.4, -0.2) is 23.0 Å². The van der Waals surface area contributed by atoms with Crippen LogP contribution in [0.15, 0.2) is 71.9 Å². The van der Waals surface area contributed by atoms with Crippen LogP contribution in [0.3, 0.4) is 0 Å². The minimum Gasteiger partial charge on any atom is -0.518 e. The summed E-state index contributed by atoms with van der Waals surface area (Å²) < 4.78 is 13.5. The third-order valence-electron chi connectivity index (χ3n) is 12.3. The van der Waals surface area contributed by atoms with Crippen molar-refractivity contribution < 1.29 is 30.5 Å². The molecule has 0 N–H and O–H groups in total. The minimum atomic E-state index is -0.285. The maximum atomic E-state index is 6.99. The van der Waals surface area contributed by atoms with Gasteiger partial charge in [0.2, 0.25) is 0 Å². The molecule has 5 nitrogen and oxygen atoms in total. The third-order valence-corrected chi connectivity index (χ3v) is 12.3. The van der Waals surface area contributed by atoms with Gasteiger partial charge in [-0.25, -0.2) is 4.98 Å². The van der Waals surface area contributed by atoms with Gasteiger partial charge >= 0.3 is 21.1 Å². The number of rotatable bonds is 10. The van der Waals surface area contributed by atoms with Crippen molar-refractivity contribution in [2.45, 2.75) is 132 Å². The van der Waals surface area contributed by atoms with E-state index in [1.165, 1.54) is 44.5 Å². The summed E-state index contributed by atoms with van der Waals surface area (Å²) in [5, 5.41) is 0. The van der Waals surface area contributed by atoms with Crippen molar-refractivity contribution in [1.82, 2.24) is 4.98 Å². The van der Waals surface area contributed by atoms with E-state index < -0.39 is 0 Å². The Kier molecular flexibility index (Phi) is 12.3. The van der Waals surface area contributed by atoms with E-state index in [0.29, 0.717) is 29.9 Å². The summed E-state index contributed by atoms with van der Waals surface area (Å²) in [6.07, 6.45) is 6.45. The molecule has 2 aliphatic heterocycles. The summed E-state index contributed by atoms with van der Waals surface area (Å²) >= 11 is 0. The maximum Gasteiger partial charge on any atom is 2.00 e. The Balaban J connectivity index is 0.00000567. The summed E-state index contributed by atoms with van der Waals surface area (Å²) in [4.78, 5) is 12.6. The number of aryl methyl sites for hydroxylation is 5. The van der Waals surface area contributed by atoms with Crippen molar-refractivity contribution in [2.24, 2.45) is 10.9 Å². The van der Waals surface area contributed by atoms with Gasteiger partial charge in [0.05, 0.1) is 5.54 Å². The Hall–Kier alpha value is -4.21. The Labute approximate surface area is 363 Å². The number of hydrogen-bond donors (Lipinski definition) is 0. The van der Waals surface area contributed by atoms with Crippen LogP contribution in [0.4, 0.5) is 17.2 Å². The minimum absolute atomic E-state index is 0. The van der Waals surface area contributed by atoms with E-state index in [-0.39, 0.29) is 37.4 Å². The van der Waals surface area contributed by atoms with Crippen LogP contribution in [0.2, 0.25) is 0 Å². The standard InChI is InChI=1S/C52H61N3O2.Pt/c1-14-16-39(17-15-2)52(13)31-56-49(54-52)38-26-37(48-35(6)22-33(4)23-36(48)7)27-41(28-38)57-46-30-45-43(25-34(46)5)51(11,12)42-24-32(3)18-19-44(42)55(45)47-29-40(20-21-53-47)50(8,9)10;/h18-27,29,39H,14-17,31H2,1-13H3;/q-2;+2/t52-;/m0./s1. The summed E-state index contributed by atoms with van der Waals surface area (Å²) in [7, 11) is 0. The number of pyridine rings is 1. The van der Waals surface area contributed by atoms with Crippen LogP contribution in [0.1, 0.15) is 131 Å². The molecule has 1 atom stereocenters. The largest absolute Gasteiger partial charge is 2.00 e. The fourth-order valence-corrected chi connectivity index (χ4v) is 9.16. The van der Waals surface area contributed by atoms with Crippen molar-refractivity contribution in [3.05, 3.63) is 129 Å². The van der Waals surface area contributed by atoms with Crippen molar-refractivity contribution in [3.8, 4) is 22.6 Å². The van der Waals surface area contributed by atoms with E-state index >= 15 is 0 Å². The van der Waals surface area contributed by atoms with Gasteiger partial charge in [-0.2, -0.15) is 6.07 Å². The maximum absolute atomic E-state index is 6.99. The van der Waals surface area contributed by atoms with E-state index in [1.54, 1.807) is 0 Å². The molecule has 1 aromatic heterocycles. The number of aliphatic imine (C=N–C) groups is 1. The average Bonchev–Trinajstić information content (AvgIpc) is 3.55. The van der Waals surface area contributed by atoms with Crippen molar-refractivity contribution in [2.75, 3.05) is 11.5 Å². The Morgan fingerprint density at radius 3 is 2.16 bits per heavy atom. The van der Waals surface area contributed by atoms with Gasteiger partial charge in [0, 0.05) is 23.4 Å². The molecule has 0 aliphatic carbocycles. The molecule has 0 fully saturated rings. The van der Waals surface area contributed by atoms with Crippen LogP contribution in [0, 0.1) is 52.7 Å². The van der Waals surface area contributed by atoms with Gasteiger partial charge < -0.3 is 14.4 Å². The summed E-state index contributed by atoms with van der Waals surface area (Å²) in [5.74, 6) is 3.21. The number of benzene rings is 4. The number of ether oxygens (including phenoxy) is 2. The van der Waals surface area contributed by atoms with Crippen molar-refractivity contribution in [1.29, 1.82) is 0 Å². The van der Waals surface area contributed by atoms with Gasteiger partial charge in [-0.05, 0) is 110 Å². The van der Waals surface area contributed by atoms with Gasteiger partial charge in [-0.3, -0.25) is 4.99 Å². The van der Waals surface area contributed by atoms with Gasteiger partial charge in [-0.15, -0.1) is 23.3 Å². The van der Waals surface area contributed by atoms with E-state index in [1.807, 2.05) is 6.20 Å². The number of nitrogens with zero attached hydrogens (tertiary/aromatic N) is 3. The normalized spacial score (nSPS) is 17.0. The second-order valence-electron chi connectivity index (χ2n) is 18.5. The van der Waals surface area contributed by atoms with Gasteiger partial charge in [0.1, 0.15) is 18.3 Å².